The van der Waals surface area contributed by atoms with Gasteiger partial charge >= 0.3 is 0 Å². The Bertz CT molecular complexity index is 376. The molecule has 1 aromatic carbocycles. The molecular weight excluding hydrogens is 246 g/mol. The number of aliphatic hydroxyl groups is 1. The smallest absolute Gasteiger partial charge is 0.252 e. The highest BCUT2D eigenvalue weighted by Crippen LogP contribution is 2.14. The van der Waals surface area contributed by atoms with Crippen molar-refractivity contribution in [3.63, 3.8) is 0 Å². The van der Waals surface area contributed by atoms with Gasteiger partial charge in [0.1, 0.15) is 0 Å². The van der Waals surface area contributed by atoms with E-state index in [1.54, 1.807) is 12.1 Å². The molecule has 0 aliphatic heterocycles. The topological polar surface area (TPSA) is 49.3 Å². The van der Waals surface area contributed by atoms with Crippen LogP contribution >= 0.6 is 12.6 Å². The van der Waals surface area contributed by atoms with Gasteiger partial charge in [-0.1, -0.05) is 25.5 Å². The average molecular weight is 267 g/mol. The van der Waals surface area contributed by atoms with Crippen molar-refractivity contribution in [3.05, 3.63) is 29.8 Å². The van der Waals surface area contributed by atoms with Crippen molar-refractivity contribution < 1.29 is 9.90 Å². The van der Waals surface area contributed by atoms with Crippen molar-refractivity contribution in [2.45, 2.75) is 31.1 Å². The van der Waals surface area contributed by atoms with Gasteiger partial charge < -0.3 is 10.4 Å². The Morgan fingerprint density at radius 1 is 1.39 bits per heavy atom. The molecule has 4 heteroatoms. The number of carbonyl (C=O) groups is 1. The molecule has 2 N–H and O–H groups in total. The minimum Gasteiger partial charge on any atom is -0.396 e. The van der Waals surface area contributed by atoms with Gasteiger partial charge in [-0.3, -0.25) is 4.79 Å². The van der Waals surface area contributed by atoms with Gasteiger partial charge in [-0.2, -0.15) is 0 Å². The Labute approximate surface area is 114 Å². The number of carbonyl (C=O) groups excluding carboxylic acids is 1. The van der Waals surface area contributed by atoms with Crippen molar-refractivity contribution in [3.8, 4) is 0 Å². The van der Waals surface area contributed by atoms with Gasteiger partial charge in [0.15, 0.2) is 0 Å². The maximum Gasteiger partial charge on any atom is 0.252 e. The largest absolute Gasteiger partial charge is 0.396 e. The number of benzene rings is 1. The zero-order valence-electron chi connectivity index (χ0n) is 10.7. The monoisotopic (exact) mass is 267 g/mol. The third-order valence-electron chi connectivity index (χ3n) is 2.93. The highest BCUT2D eigenvalue weighted by Gasteiger charge is 2.12. The Morgan fingerprint density at radius 3 is 2.72 bits per heavy atom. The molecule has 0 radical (unpaired) electrons. The molecule has 100 valence electrons. The summed E-state index contributed by atoms with van der Waals surface area (Å²) in [5.74, 6) is 0.246. The molecular formula is C14H21NO2S. The number of aliphatic hydroxyl groups excluding tert-OH is 1. The first-order chi connectivity index (χ1) is 8.69. The van der Waals surface area contributed by atoms with Crippen molar-refractivity contribution in [2.75, 3.05) is 13.2 Å². The fourth-order valence-corrected chi connectivity index (χ4v) is 2.20. The third kappa shape index (κ3) is 4.70. The number of thiol groups is 1. The molecule has 0 spiro atoms. The maximum atomic E-state index is 12.0. The van der Waals surface area contributed by atoms with Crippen LogP contribution in [0.15, 0.2) is 29.2 Å². The van der Waals surface area contributed by atoms with Gasteiger partial charge in [0, 0.05) is 18.0 Å². The predicted octanol–water partition coefficient (Wildman–Crippen LogP) is 2.50. The second-order valence-electron chi connectivity index (χ2n) is 4.39. The van der Waals surface area contributed by atoms with Crippen LogP contribution in [0.5, 0.6) is 0 Å². The molecule has 0 fully saturated rings. The molecule has 0 saturated heterocycles. The van der Waals surface area contributed by atoms with E-state index in [1.807, 2.05) is 12.1 Å². The van der Waals surface area contributed by atoms with Gasteiger partial charge in [0.25, 0.3) is 5.91 Å². The molecule has 0 heterocycles. The second kappa shape index (κ2) is 8.16. The van der Waals surface area contributed by atoms with Gasteiger partial charge in [0.2, 0.25) is 0 Å². The number of hydrogen-bond donors (Lipinski definition) is 3. The minimum atomic E-state index is -0.0976. The summed E-state index contributed by atoms with van der Waals surface area (Å²) in [6, 6.07) is 7.24. The highest BCUT2D eigenvalue weighted by molar-refractivity contribution is 7.80. The van der Waals surface area contributed by atoms with E-state index >= 15 is 0 Å². The van der Waals surface area contributed by atoms with Crippen LogP contribution in [-0.2, 0) is 0 Å². The molecule has 0 bridgehead atoms. The maximum absolute atomic E-state index is 12.0. The molecule has 1 aromatic rings. The van der Waals surface area contributed by atoms with Gasteiger partial charge in [-0.25, -0.2) is 0 Å². The molecule has 3 nitrogen and oxygen atoms in total. The van der Waals surface area contributed by atoms with E-state index in [1.165, 1.54) is 0 Å². The lowest BCUT2D eigenvalue weighted by atomic mass is 10.00. The number of amides is 1. The van der Waals surface area contributed by atoms with E-state index in [9.17, 15) is 4.79 Å². The second-order valence-corrected chi connectivity index (χ2v) is 4.88. The number of hydrogen-bond acceptors (Lipinski definition) is 3. The summed E-state index contributed by atoms with van der Waals surface area (Å²) in [7, 11) is 0. The van der Waals surface area contributed by atoms with E-state index in [4.69, 9.17) is 5.11 Å². The van der Waals surface area contributed by atoms with E-state index < -0.39 is 0 Å². The standard InChI is InChI=1S/C14H21NO2S/c1-2-5-11(8-9-16)10-15-14(17)12-6-3-4-7-13(12)18/h3-4,6-7,11,16,18H,2,5,8-10H2,1H3,(H,15,17). The highest BCUT2D eigenvalue weighted by atomic mass is 32.1. The zero-order chi connectivity index (χ0) is 13.4. The molecule has 1 unspecified atom stereocenters. The minimum absolute atomic E-state index is 0.0976. The summed E-state index contributed by atoms with van der Waals surface area (Å²) in [5, 5.41) is 11.9. The lowest BCUT2D eigenvalue weighted by molar-refractivity contribution is 0.0940. The average Bonchev–Trinajstić information content (AvgIpc) is 2.36. The fraction of sp³-hybridized carbons (Fsp3) is 0.500. The van der Waals surface area contributed by atoms with Crippen LogP contribution in [0.4, 0.5) is 0 Å². The summed E-state index contributed by atoms with van der Waals surface area (Å²) >= 11 is 4.26. The molecule has 0 aliphatic carbocycles. The zero-order valence-corrected chi connectivity index (χ0v) is 11.6. The van der Waals surface area contributed by atoms with Crippen LogP contribution in [-0.4, -0.2) is 24.2 Å². The first kappa shape index (κ1) is 15.1. The summed E-state index contributed by atoms with van der Waals surface area (Å²) in [6.45, 7) is 2.88. The van der Waals surface area contributed by atoms with Crippen LogP contribution in [0.2, 0.25) is 0 Å². The van der Waals surface area contributed by atoms with Gasteiger partial charge in [0.05, 0.1) is 5.56 Å². The SMILES string of the molecule is CCCC(CCO)CNC(=O)c1ccccc1S. The van der Waals surface area contributed by atoms with E-state index in [0.717, 1.165) is 19.3 Å². The molecule has 0 aromatic heterocycles. The molecule has 1 rings (SSSR count). The van der Waals surface area contributed by atoms with E-state index in [2.05, 4.69) is 24.9 Å². The summed E-state index contributed by atoms with van der Waals surface area (Å²) < 4.78 is 0. The number of nitrogens with one attached hydrogen (secondary N) is 1. The van der Waals surface area contributed by atoms with Crippen LogP contribution in [0.25, 0.3) is 0 Å². The van der Waals surface area contributed by atoms with Crippen molar-refractivity contribution >= 4 is 18.5 Å². The summed E-state index contributed by atoms with van der Waals surface area (Å²) in [4.78, 5) is 12.6. The predicted molar refractivity (Wildman–Crippen MR) is 76.1 cm³/mol. The first-order valence-corrected chi connectivity index (χ1v) is 6.80. The van der Waals surface area contributed by atoms with Crippen LogP contribution in [0.3, 0.4) is 0 Å². The van der Waals surface area contributed by atoms with Crippen LogP contribution in [0.1, 0.15) is 36.5 Å². The molecule has 1 atom stereocenters. The van der Waals surface area contributed by atoms with Crippen molar-refractivity contribution in [2.24, 2.45) is 5.92 Å². The number of rotatable bonds is 7. The van der Waals surface area contributed by atoms with Crippen molar-refractivity contribution in [1.29, 1.82) is 0 Å². The first-order valence-electron chi connectivity index (χ1n) is 6.36. The van der Waals surface area contributed by atoms with Crippen molar-refractivity contribution in [1.82, 2.24) is 5.32 Å². The Kier molecular flexibility index (Phi) is 6.83. The van der Waals surface area contributed by atoms with Crippen LogP contribution in [0, 0.1) is 5.92 Å². The molecule has 0 aliphatic rings. The summed E-state index contributed by atoms with van der Waals surface area (Å²) in [6.07, 6.45) is 2.81. The Balaban J connectivity index is 2.52. The third-order valence-corrected chi connectivity index (χ3v) is 3.32. The van der Waals surface area contributed by atoms with E-state index in [0.29, 0.717) is 22.9 Å². The normalized spacial score (nSPS) is 12.2. The summed E-state index contributed by atoms with van der Waals surface area (Å²) in [5.41, 5.74) is 0.597. The quantitative estimate of drug-likeness (QED) is 0.665. The Hall–Kier alpha value is -1.00. The van der Waals surface area contributed by atoms with Gasteiger partial charge in [-0.15, -0.1) is 12.6 Å². The lowest BCUT2D eigenvalue weighted by Gasteiger charge is -2.16. The molecule has 1 amide bonds. The fourth-order valence-electron chi connectivity index (χ4n) is 1.94. The van der Waals surface area contributed by atoms with Gasteiger partial charge in [-0.05, 0) is 30.9 Å². The Morgan fingerprint density at radius 2 is 2.11 bits per heavy atom. The van der Waals surface area contributed by atoms with E-state index in [-0.39, 0.29) is 12.5 Å². The molecule has 18 heavy (non-hydrogen) atoms. The van der Waals surface area contributed by atoms with Crippen LogP contribution < -0.4 is 5.32 Å². The molecule has 0 saturated carbocycles. The lowest BCUT2D eigenvalue weighted by Crippen LogP contribution is -2.30.